The van der Waals surface area contributed by atoms with Gasteiger partial charge in [0.05, 0.1) is 31.1 Å². The van der Waals surface area contributed by atoms with Gasteiger partial charge in [-0.3, -0.25) is 9.69 Å². The Balaban J connectivity index is 1.27. The Bertz CT molecular complexity index is 914. The third-order valence-electron chi connectivity index (χ3n) is 7.49. The highest BCUT2D eigenvalue weighted by Gasteiger charge is 2.41. The molecule has 0 N–H and O–H groups in total. The Morgan fingerprint density at radius 1 is 1.09 bits per heavy atom. The van der Waals surface area contributed by atoms with Gasteiger partial charge in [-0.05, 0) is 44.7 Å². The molecule has 7 heteroatoms. The van der Waals surface area contributed by atoms with E-state index in [9.17, 15) is 4.79 Å². The van der Waals surface area contributed by atoms with Crippen molar-refractivity contribution in [3.63, 3.8) is 0 Å². The summed E-state index contributed by atoms with van der Waals surface area (Å²) in [6.07, 6.45) is 6.49. The smallest absolute Gasteiger partial charge is 0.240 e. The van der Waals surface area contributed by atoms with E-state index in [2.05, 4.69) is 41.2 Å². The number of morpholine rings is 1. The van der Waals surface area contributed by atoms with Crippen LogP contribution in [0.1, 0.15) is 61.4 Å². The molecule has 0 spiro atoms. The van der Waals surface area contributed by atoms with Crippen LogP contribution in [0.4, 0.5) is 0 Å². The first-order valence-electron chi connectivity index (χ1n) is 12.1. The van der Waals surface area contributed by atoms with E-state index in [1.54, 1.807) is 0 Å². The van der Waals surface area contributed by atoms with Crippen LogP contribution in [-0.4, -0.2) is 65.2 Å². The molecule has 1 aliphatic carbocycles. The van der Waals surface area contributed by atoms with Crippen molar-refractivity contribution in [2.45, 2.75) is 57.4 Å². The van der Waals surface area contributed by atoms with E-state index in [4.69, 9.17) is 14.2 Å². The molecule has 2 aromatic rings. The topological polar surface area (TPSA) is 71.7 Å². The van der Waals surface area contributed by atoms with Crippen LogP contribution in [0.25, 0.3) is 0 Å². The second kappa shape index (κ2) is 9.32. The first-order valence-corrected chi connectivity index (χ1v) is 12.1. The van der Waals surface area contributed by atoms with Gasteiger partial charge >= 0.3 is 0 Å². The molecule has 2 saturated heterocycles. The average molecular weight is 439 g/mol. The highest BCUT2D eigenvalue weighted by atomic mass is 16.5. The normalized spacial score (nSPS) is 24.0. The number of amides is 1. The molecule has 3 fully saturated rings. The third kappa shape index (κ3) is 4.33. The zero-order chi connectivity index (χ0) is 22.0. The molecule has 3 aliphatic rings. The Hall–Kier alpha value is -2.25. The quantitative estimate of drug-likeness (QED) is 0.713. The molecule has 0 unspecified atom stereocenters. The lowest BCUT2D eigenvalue weighted by molar-refractivity contribution is -0.141. The maximum atomic E-state index is 12.9. The predicted molar refractivity (Wildman–Crippen MR) is 120 cm³/mol. The Morgan fingerprint density at radius 3 is 2.59 bits per heavy atom. The highest BCUT2D eigenvalue weighted by molar-refractivity contribution is 5.79. The van der Waals surface area contributed by atoms with Crippen molar-refractivity contribution >= 4 is 5.91 Å². The fourth-order valence-corrected chi connectivity index (χ4v) is 5.64. The van der Waals surface area contributed by atoms with Crippen molar-refractivity contribution in [2.75, 3.05) is 39.4 Å². The Morgan fingerprint density at radius 2 is 1.84 bits per heavy atom. The van der Waals surface area contributed by atoms with Gasteiger partial charge < -0.3 is 14.2 Å². The largest absolute Gasteiger partial charge is 0.378 e. The molecule has 0 bridgehead atoms. The van der Waals surface area contributed by atoms with Crippen molar-refractivity contribution < 1.29 is 14.1 Å². The van der Waals surface area contributed by atoms with Crippen LogP contribution in [0.2, 0.25) is 0 Å². The number of piperidine rings is 1. The van der Waals surface area contributed by atoms with Crippen molar-refractivity contribution in [3.8, 4) is 0 Å². The predicted octanol–water partition coefficient (Wildman–Crippen LogP) is 3.31. The van der Waals surface area contributed by atoms with Crippen molar-refractivity contribution in [2.24, 2.45) is 5.92 Å². The van der Waals surface area contributed by atoms with Crippen LogP contribution < -0.4 is 0 Å². The number of carbonyl (C=O) groups is 1. The van der Waals surface area contributed by atoms with Crippen LogP contribution in [0.3, 0.4) is 0 Å². The van der Waals surface area contributed by atoms with Gasteiger partial charge in [-0.15, -0.1) is 0 Å². The lowest BCUT2D eigenvalue weighted by atomic mass is 9.78. The second-order valence-electron chi connectivity index (χ2n) is 9.68. The molecule has 3 heterocycles. The molecule has 32 heavy (non-hydrogen) atoms. The fourth-order valence-electron chi connectivity index (χ4n) is 5.64. The molecular weight excluding hydrogens is 404 g/mol. The molecule has 0 radical (unpaired) electrons. The first kappa shape index (κ1) is 21.6. The number of ether oxygens (including phenoxy) is 1. The Labute approximate surface area is 190 Å². The number of likely N-dealkylation sites (tertiary alicyclic amines) is 1. The highest BCUT2D eigenvalue weighted by Crippen LogP contribution is 2.45. The lowest BCUT2D eigenvalue weighted by Crippen LogP contribution is -2.48. The summed E-state index contributed by atoms with van der Waals surface area (Å²) < 4.78 is 11.1. The summed E-state index contributed by atoms with van der Waals surface area (Å²) >= 11 is 0. The van der Waals surface area contributed by atoms with Gasteiger partial charge in [0, 0.05) is 19.6 Å². The van der Waals surface area contributed by atoms with Crippen LogP contribution in [0, 0.1) is 12.8 Å². The van der Waals surface area contributed by atoms with Crippen molar-refractivity contribution in [3.05, 3.63) is 47.1 Å². The fraction of sp³-hybridized carbons (Fsp3) is 0.640. The average Bonchev–Trinajstić information content (AvgIpc) is 3.51. The van der Waals surface area contributed by atoms with Gasteiger partial charge in [0.2, 0.25) is 11.8 Å². The van der Waals surface area contributed by atoms with Crippen molar-refractivity contribution in [1.29, 1.82) is 0 Å². The standard InChI is InChI=1S/C25H34N4O3/c1-19-6-8-21(9-7-19)25(10-2-3-11-25)24-26-22(32-27-24)18-28-12-4-5-20(17-28)23(30)29-13-15-31-16-14-29/h6-9,20H,2-5,10-18H2,1H3/t20-/m1/s1. The number of rotatable bonds is 5. The summed E-state index contributed by atoms with van der Waals surface area (Å²) in [4.78, 5) is 22.1. The van der Waals surface area contributed by atoms with Gasteiger partial charge in [-0.1, -0.05) is 47.8 Å². The van der Waals surface area contributed by atoms with E-state index in [1.165, 1.54) is 24.0 Å². The zero-order valence-electron chi connectivity index (χ0n) is 19.1. The van der Waals surface area contributed by atoms with E-state index in [-0.39, 0.29) is 17.2 Å². The molecule has 1 aromatic carbocycles. The zero-order valence-corrected chi connectivity index (χ0v) is 19.1. The molecule has 1 atom stereocenters. The molecular formula is C25H34N4O3. The summed E-state index contributed by atoms with van der Waals surface area (Å²) in [6.45, 7) is 7.18. The number of nitrogens with zero attached hydrogens (tertiary/aromatic N) is 4. The maximum Gasteiger partial charge on any atom is 0.240 e. The van der Waals surface area contributed by atoms with Crippen LogP contribution in [-0.2, 0) is 21.5 Å². The lowest BCUT2D eigenvalue weighted by Gasteiger charge is -2.35. The van der Waals surface area contributed by atoms with E-state index in [0.29, 0.717) is 38.7 Å². The van der Waals surface area contributed by atoms with E-state index in [1.807, 2.05) is 4.90 Å². The minimum atomic E-state index is -0.133. The molecule has 1 saturated carbocycles. The maximum absolute atomic E-state index is 12.9. The molecule has 1 aromatic heterocycles. The van der Waals surface area contributed by atoms with Gasteiger partial charge in [0.15, 0.2) is 5.82 Å². The summed E-state index contributed by atoms with van der Waals surface area (Å²) in [5.41, 5.74) is 2.43. The number of hydrogen-bond acceptors (Lipinski definition) is 6. The molecule has 172 valence electrons. The summed E-state index contributed by atoms with van der Waals surface area (Å²) in [5.74, 6) is 1.82. The van der Waals surface area contributed by atoms with Crippen molar-refractivity contribution in [1.82, 2.24) is 19.9 Å². The minimum absolute atomic E-state index is 0.0537. The van der Waals surface area contributed by atoms with Crippen LogP contribution >= 0.6 is 0 Å². The van der Waals surface area contributed by atoms with Crippen LogP contribution in [0.5, 0.6) is 0 Å². The van der Waals surface area contributed by atoms with E-state index in [0.717, 1.165) is 44.6 Å². The van der Waals surface area contributed by atoms with E-state index >= 15 is 0 Å². The molecule has 5 rings (SSSR count). The van der Waals surface area contributed by atoms with Gasteiger partial charge in [0.25, 0.3) is 0 Å². The molecule has 2 aliphatic heterocycles. The molecule has 1 amide bonds. The monoisotopic (exact) mass is 438 g/mol. The third-order valence-corrected chi connectivity index (χ3v) is 7.49. The molecule has 7 nitrogen and oxygen atoms in total. The minimum Gasteiger partial charge on any atom is -0.378 e. The number of benzene rings is 1. The second-order valence-corrected chi connectivity index (χ2v) is 9.68. The van der Waals surface area contributed by atoms with E-state index < -0.39 is 0 Å². The van der Waals surface area contributed by atoms with Gasteiger partial charge in [-0.25, -0.2) is 0 Å². The van der Waals surface area contributed by atoms with Gasteiger partial charge in [-0.2, -0.15) is 4.98 Å². The number of aromatic nitrogens is 2. The summed E-state index contributed by atoms with van der Waals surface area (Å²) in [5, 5.41) is 4.46. The first-order chi connectivity index (χ1) is 15.6. The summed E-state index contributed by atoms with van der Waals surface area (Å²) in [7, 11) is 0. The number of aryl methyl sites for hydroxylation is 1. The summed E-state index contributed by atoms with van der Waals surface area (Å²) in [6, 6.07) is 8.80. The number of hydrogen-bond donors (Lipinski definition) is 0. The van der Waals surface area contributed by atoms with Gasteiger partial charge in [0.1, 0.15) is 0 Å². The number of carbonyl (C=O) groups excluding carboxylic acids is 1. The Kier molecular flexibility index (Phi) is 6.28. The van der Waals surface area contributed by atoms with Crippen LogP contribution in [0.15, 0.2) is 28.8 Å². The SMILES string of the molecule is Cc1ccc(C2(c3noc(CN4CCC[C@@H](C(=O)N5CCOCC5)C4)n3)CCCC2)cc1.